The van der Waals surface area contributed by atoms with Crippen LogP contribution in [-0.4, -0.2) is 44.1 Å². The van der Waals surface area contributed by atoms with Gasteiger partial charge in [0.25, 0.3) is 5.91 Å². The third-order valence-corrected chi connectivity index (χ3v) is 5.09. The molecule has 7 nitrogen and oxygen atoms in total. The van der Waals surface area contributed by atoms with E-state index in [2.05, 4.69) is 10.8 Å². The Hall–Kier alpha value is -2.35. The number of nitrogens with zero attached hydrogens (tertiary/aromatic N) is 1. The van der Waals surface area contributed by atoms with Crippen molar-refractivity contribution in [1.82, 2.24) is 4.90 Å². The predicted molar refractivity (Wildman–Crippen MR) is 102 cm³/mol. The number of rotatable bonds is 7. The Morgan fingerprint density at radius 2 is 2.04 bits per heavy atom. The summed E-state index contributed by atoms with van der Waals surface area (Å²) in [6.07, 6.45) is 9.18. The fourth-order valence-corrected chi connectivity index (χ4v) is 3.73. The van der Waals surface area contributed by atoms with Crippen molar-refractivity contribution in [3.8, 4) is 0 Å². The standard InChI is InChI=1S/C19H24N2O5S/c1-27(24,25)20-15-7-5-6-14(12-15)19(23)26-13-18(22)21(17-10-11-17)16-8-3-2-4-9-16/h5-8,12,17,20H,2-4,9-11,13H2,1H3. The number of hydrogen-bond donors (Lipinski definition) is 1. The van der Waals surface area contributed by atoms with E-state index in [1.54, 1.807) is 11.0 Å². The number of benzene rings is 1. The Bertz CT molecular complexity index is 859. The van der Waals surface area contributed by atoms with Gasteiger partial charge in [-0.3, -0.25) is 9.52 Å². The molecule has 1 saturated carbocycles. The first kappa shape index (κ1) is 19.4. The second-order valence-electron chi connectivity index (χ2n) is 6.97. The topological polar surface area (TPSA) is 92.8 Å². The minimum absolute atomic E-state index is 0.186. The Morgan fingerprint density at radius 1 is 1.26 bits per heavy atom. The van der Waals surface area contributed by atoms with Crippen LogP contribution in [0.3, 0.4) is 0 Å². The molecule has 0 spiro atoms. The molecule has 0 atom stereocenters. The first-order chi connectivity index (χ1) is 12.8. The summed E-state index contributed by atoms with van der Waals surface area (Å²) in [7, 11) is -3.44. The van der Waals surface area contributed by atoms with Crippen molar-refractivity contribution in [2.45, 2.75) is 44.6 Å². The van der Waals surface area contributed by atoms with Crippen molar-refractivity contribution in [3.05, 3.63) is 41.6 Å². The fraction of sp³-hybridized carbons (Fsp3) is 0.474. The molecule has 1 aromatic carbocycles. The lowest BCUT2D eigenvalue weighted by atomic mass is 10.0. The van der Waals surface area contributed by atoms with Crippen LogP contribution in [0.2, 0.25) is 0 Å². The highest BCUT2D eigenvalue weighted by atomic mass is 32.2. The van der Waals surface area contributed by atoms with E-state index in [0.717, 1.165) is 50.5 Å². The molecule has 2 aliphatic rings. The summed E-state index contributed by atoms with van der Waals surface area (Å²) in [5.74, 6) is -0.863. The maximum absolute atomic E-state index is 12.6. The molecule has 0 heterocycles. The van der Waals surface area contributed by atoms with Gasteiger partial charge < -0.3 is 9.64 Å². The van der Waals surface area contributed by atoms with Gasteiger partial charge in [0.2, 0.25) is 10.0 Å². The van der Waals surface area contributed by atoms with Gasteiger partial charge in [-0.25, -0.2) is 13.2 Å². The third-order valence-electron chi connectivity index (χ3n) is 4.49. The molecule has 2 aliphatic carbocycles. The van der Waals surface area contributed by atoms with Crippen LogP contribution in [0.5, 0.6) is 0 Å². The summed E-state index contributed by atoms with van der Waals surface area (Å²) in [5, 5.41) is 0. The molecule has 0 aliphatic heterocycles. The highest BCUT2D eigenvalue weighted by molar-refractivity contribution is 7.92. The monoisotopic (exact) mass is 392 g/mol. The van der Waals surface area contributed by atoms with Crippen molar-refractivity contribution < 1.29 is 22.7 Å². The van der Waals surface area contributed by atoms with E-state index < -0.39 is 16.0 Å². The summed E-state index contributed by atoms with van der Waals surface area (Å²) in [6.45, 7) is -0.323. The normalized spacial score (nSPS) is 17.0. The van der Waals surface area contributed by atoms with Gasteiger partial charge in [-0.05, 0) is 56.7 Å². The van der Waals surface area contributed by atoms with Crippen molar-refractivity contribution >= 4 is 27.6 Å². The summed E-state index contributed by atoms with van der Waals surface area (Å²) < 4.78 is 30.1. The van der Waals surface area contributed by atoms with Crippen LogP contribution in [0.15, 0.2) is 36.0 Å². The predicted octanol–water partition coefficient (Wildman–Crippen LogP) is 2.66. The molecule has 1 fully saturated rings. The zero-order valence-electron chi connectivity index (χ0n) is 15.3. The maximum Gasteiger partial charge on any atom is 0.338 e. The fourth-order valence-electron chi connectivity index (χ4n) is 3.17. The van der Waals surface area contributed by atoms with E-state index >= 15 is 0 Å². The van der Waals surface area contributed by atoms with Crippen LogP contribution in [0.4, 0.5) is 5.69 Å². The summed E-state index contributed by atoms with van der Waals surface area (Å²) >= 11 is 0. The number of allylic oxidation sites excluding steroid dienone is 2. The zero-order chi connectivity index (χ0) is 19.4. The number of esters is 1. The molecule has 0 radical (unpaired) electrons. The van der Waals surface area contributed by atoms with Crippen LogP contribution in [0.1, 0.15) is 48.9 Å². The highest BCUT2D eigenvalue weighted by Gasteiger charge is 2.35. The number of carbonyl (C=O) groups excluding carboxylic acids is 2. The van der Waals surface area contributed by atoms with Gasteiger partial charge in [-0.2, -0.15) is 0 Å². The van der Waals surface area contributed by atoms with Gasteiger partial charge in [0, 0.05) is 17.4 Å². The molecule has 8 heteroatoms. The Labute approximate surface area is 159 Å². The molecule has 27 heavy (non-hydrogen) atoms. The first-order valence-electron chi connectivity index (χ1n) is 9.09. The molecule has 1 N–H and O–H groups in total. The first-order valence-corrected chi connectivity index (χ1v) is 11.0. The van der Waals surface area contributed by atoms with Gasteiger partial charge in [-0.1, -0.05) is 12.1 Å². The Balaban J connectivity index is 1.62. The van der Waals surface area contributed by atoms with E-state index in [1.165, 1.54) is 18.2 Å². The van der Waals surface area contributed by atoms with Crippen LogP contribution >= 0.6 is 0 Å². The molecule has 0 unspecified atom stereocenters. The van der Waals surface area contributed by atoms with Gasteiger partial charge in [0.1, 0.15) is 0 Å². The molecule has 3 rings (SSSR count). The van der Waals surface area contributed by atoms with Crippen molar-refractivity contribution in [3.63, 3.8) is 0 Å². The van der Waals surface area contributed by atoms with Crippen molar-refractivity contribution in [2.24, 2.45) is 0 Å². The second kappa shape index (κ2) is 8.12. The molecular weight excluding hydrogens is 368 g/mol. The van der Waals surface area contributed by atoms with E-state index in [-0.39, 0.29) is 29.8 Å². The third kappa shape index (κ3) is 5.56. The number of anilines is 1. The Morgan fingerprint density at radius 3 is 2.67 bits per heavy atom. The van der Waals surface area contributed by atoms with E-state index in [4.69, 9.17) is 4.74 Å². The van der Waals surface area contributed by atoms with Crippen LogP contribution in [0, 0.1) is 0 Å². The van der Waals surface area contributed by atoms with Gasteiger partial charge >= 0.3 is 5.97 Å². The average Bonchev–Trinajstić information content (AvgIpc) is 3.44. The Kier molecular flexibility index (Phi) is 5.84. The van der Waals surface area contributed by atoms with Gasteiger partial charge in [0.15, 0.2) is 6.61 Å². The number of amides is 1. The largest absolute Gasteiger partial charge is 0.452 e. The maximum atomic E-state index is 12.6. The van der Waals surface area contributed by atoms with Crippen LogP contribution < -0.4 is 4.72 Å². The molecule has 0 saturated heterocycles. The molecule has 146 valence electrons. The summed E-state index contributed by atoms with van der Waals surface area (Å²) in [5.41, 5.74) is 1.50. The number of nitrogens with one attached hydrogen (secondary N) is 1. The molecule has 1 aromatic rings. The molecule has 0 bridgehead atoms. The molecular formula is C19H24N2O5S. The summed E-state index contributed by atoms with van der Waals surface area (Å²) in [4.78, 5) is 26.7. The number of sulfonamides is 1. The molecule has 1 amide bonds. The lowest BCUT2D eigenvalue weighted by Crippen LogP contribution is -2.36. The second-order valence-corrected chi connectivity index (χ2v) is 8.72. The lowest BCUT2D eigenvalue weighted by Gasteiger charge is -2.27. The van der Waals surface area contributed by atoms with Crippen LogP contribution in [0.25, 0.3) is 0 Å². The van der Waals surface area contributed by atoms with Gasteiger partial charge in [0.05, 0.1) is 11.8 Å². The lowest BCUT2D eigenvalue weighted by molar-refractivity contribution is -0.133. The van der Waals surface area contributed by atoms with E-state index in [9.17, 15) is 18.0 Å². The van der Waals surface area contributed by atoms with Crippen molar-refractivity contribution in [2.75, 3.05) is 17.6 Å². The van der Waals surface area contributed by atoms with E-state index in [1.807, 2.05) is 0 Å². The number of carbonyl (C=O) groups is 2. The van der Waals surface area contributed by atoms with Gasteiger partial charge in [-0.15, -0.1) is 0 Å². The average molecular weight is 392 g/mol. The SMILES string of the molecule is CS(=O)(=O)Nc1cccc(C(=O)OCC(=O)N(C2=CCCCC2)C2CC2)c1. The zero-order valence-corrected chi connectivity index (χ0v) is 16.1. The minimum atomic E-state index is -3.44. The minimum Gasteiger partial charge on any atom is -0.452 e. The van der Waals surface area contributed by atoms with E-state index in [0.29, 0.717) is 0 Å². The highest BCUT2D eigenvalue weighted by Crippen LogP contribution is 2.33. The summed E-state index contributed by atoms with van der Waals surface area (Å²) in [6, 6.07) is 6.21. The number of hydrogen-bond acceptors (Lipinski definition) is 5. The van der Waals surface area contributed by atoms with Crippen LogP contribution in [-0.2, 0) is 19.6 Å². The quantitative estimate of drug-likeness (QED) is 0.720. The molecule has 0 aromatic heterocycles. The number of ether oxygens (including phenoxy) is 1. The van der Waals surface area contributed by atoms with Crippen molar-refractivity contribution in [1.29, 1.82) is 0 Å². The smallest absolute Gasteiger partial charge is 0.338 e.